The molecule has 0 saturated carbocycles. The molecule has 0 aromatic heterocycles. The van der Waals surface area contributed by atoms with Crippen molar-refractivity contribution in [3.05, 3.63) is 58.7 Å². The molecule has 0 fully saturated rings. The van der Waals surface area contributed by atoms with Crippen molar-refractivity contribution in [2.75, 3.05) is 11.4 Å². The quantitative estimate of drug-likeness (QED) is 0.925. The van der Waals surface area contributed by atoms with Crippen LogP contribution in [0.4, 0.5) is 5.69 Å². The minimum Gasteiger partial charge on any atom is -0.508 e. The molecule has 0 spiro atoms. The molecule has 0 aliphatic carbocycles. The van der Waals surface area contributed by atoms with E-state index in [0.29, 0.717) is 12.1 Å². The van der Waals surface area contributed by atoms with E-state index in [4.69, 9.17) is 0 Å². The Hall–Kier alpha value is -2.29. The summed E-state index contributed by atoms with van der Waals surface area (Å²) < 4.78 is 0. The van der Waals surface area contributed by atoms with Gasteiger partial charge in [-0.1, -0.05) is 18.2 Å². The molecule has 110 valence electrons. The highest BCUT2D eigenvalue weighted by Crippen LogP contribution is 2.27. The zero-order valence-corrected chi connectivity index (χ0v) is 13.0. The van der Waals surface area contributed by atoms with E-state index in [-0.39, 0.29) is 11.7 Å². The Labute approximate surface area is 125 Å². The summed E-state index contributed by atoms with van der Waals surface area (Å²) in [5.74, 6) is 0.134. The summed E-state index contributed by atoms with van der Waals surface area (Å²) >= 11 is 0. The number of aromatic hydroxyl groups is 1. The number of phenolic OH excluding ortho intramolecular Hbond substituents is 1. The average Bonchev–Trinajstić information content (AvgIpc) is 2.46. The Balaban J connectivity index is 2.48. The van der Waals surface area contributed by atoms with Crippen molar-refractivity contribution >= 4 is 11.6 Å². The second kappa shape index (κ2) is 6.00. The largest absolute Gasteiger partial charge is 0.508 e. The van der Waals surface area contributed by atoms with Crippen LogP contribution in [0.15, 0.2) is 36.4 Å². The summed E-state index contributed by atoms with van der Waals surface area (Å²) in [6, 6.07) is 10.9. The fraction of sp³-hybridized carbons (Fsp3) is 0.278. The Morgan fingerprint density at radius 1 is 1.10 bits per heavy atom. The van der Waals surface area contributed by atoms with Gasteiger partial charge < -0.3 is 10.0 Å². The maximum atomic E-state index is 12.9. The zero-order valence-electron chi connectivity index (χ0n) is 13.0. The molecule has 0 aliphatic heterocycles. The van der Waals surface area contributed by atoms with Gasteiger partial charge in [0.2, 0.25) is 0 Å². The van der Waals surface area contributed by atoms with Gasteiger partial charge in [-0.2, -0.15) is 0 Å². The third kappa shape index (κ3) is 2.92. The smallest absolute Gasteiger partial charge is 0.258 e. The van der Waals surface area contributed by atoms with Crippen LogP contribution in [0.3, 0.4) is 0 Å². The predicted molar refractivity (Wildman–Crippen MR) is 86.1 cm³/mol. The van der Waals surface area contributed by atoms with Crippen molar-refractivity contribution in [1.29, 1.82) is 0 Å². The number of benzene rings is 2. The molecule has 0 heterocycles. The molecule has 1 N–H and O–H groups in total. The fourth-order valence-electron chi connectivity index (χ4n) is 2.44. The lowest BCUT2D eigenvalue weighted by molar-refractivity contribution is 0.0987. The first-order valence-corrected chi connectivity index (χ1v) is 7.13. The van der Waals surface area contributed by atoms with Gasteiger partial charge in [0.1, 0.15) is 5.75 Å². The summed E-state index contributed by atoms with van der Waals surface area (Å²) in [5.41, 5.74) is 4.53. The minimum absolute atomic E-state index is 0.0348. The summed E-state index contributed by atoms with van der Waals surface area (Å²) in [6.07, 6.45) is 0. The van der Waals surface area contributed by atoms with Crippen molar-refractivity contribution in [3.63, 3.8) is 0 Å². The van der Waals surface area contributed by atoms with Crippen molar-refractivity contribution in [3.8, 4) is 5.75 Å². The van der Waals surface area contributed by atoms with Gasteiger partial charge in [0.25, 0.3) is 5.91 Å². The Morgan fingerprint density at radius 2 is 1.81 bits per heavy atom. The maximum Gasteiger partial charge on any atom is 0.258 e. The molecule has 3 heteroatoms. The first-order chi connectivity index (χ1) is 9.95. The van der Waals surface area contributed by atoms with Gasteiger partial charge >= 0.3 is 0 Å². The van der Waals surface area contributed by atoms with Crippen LogP contribution in [0.1, 0.15) is 34.0 Å². The van der Waals surface area contributed by atoms with Crippen LogP contribution in [-0.4, -0.2) is 17.6 Å². The van der Waals surface area contributed by atoms with E-state index in [1.807, 2.05) is 52.0 Å². The normalized spacial score (nSPS) is 10.5. The predicted octanol–water partition coefficient (Wildman–Crippen LogP) is 3.98. The van der Waals surface area contributed by atoms with Gasteiger partial charge in [0.15, 0.2) is 0 Å². The van der Waals surface area contributed by atoms with E-state index in [1.54, 1.807) is 17.0 Å². The number of hydrogen-bond donors (Lipinski definition) is 1. The van der Waals surface area contributed by atoms with E-state index in [1.165, 1.54) is 0 Å². The van der Waals surface area contributed by atoms with Gasteiger partial charge in [0.05, 0.1) is 5.69 Å². The summed E-state index contributed by atoms with van der Waals surface area (Å²) in [4.78, 5) is 14.6. The number of phenols is 1. The van der Waals surface area contributed by atoms with Gasteiger partial charge in [0, 0.05) is 18.2 Å². The molecule has 1 amide bonds. The van der Waals surface area contributed by atoms with Crippen LogP contribution in [-0.2, 0) is 0 Å². The lowest BCUT2D eigenvalue weighted by Gasteiger charge is -2.24. The van der Waals surface area contributed by atoms with E-state index in [0.717, 1.165) is 22.4 Å². The lowest BCUT2D eigenvalue weighted by atomic mass is 10.0. The zero-order chi connectivity index (χ0) is 15.6. The van der Waals surface area contributed by atoms with E-state index in [9.17, 15) is 9.90 Å². The van der Waals surface area contributed by atoms with Gasteiger partial charge in [-0.15, -0.1) is 0 Å². The summed E-state index contributed by atoms with van der Waals surface area (Å²) in [7, 11) is 0. The fourth-order valence-corrected chi connectivity index (χ4v) is 2.44. The SMILES string of the molecule is CCN(C(=O)c1cccc(C)c1C)c1cc(O)ccc1C. The molecular formula is C18H21NO2. The molecule has 0 bridgehead atoms. The summed E-state index contributed by atoms with van der Waals surface area (Å²) in [5, 5.41) is 9.70. The van der Waals surface area contributed by atoms with Crippen LogP contribution < -0.4 is 4.90 Å². The molecule has 2 aromatic rings. The number of hydrogen-bond acceptors (Lipinski definition) is 2. The molecule has 21 heavy (non-hydrogen) atoms. The van der Waals surface area contributed by atoms with Gasteiger partial charge in [-0.05, 0) is 56.5 Å². The van der Waals surface area contributed by atoms with E-state index < -0.39 is 0 Å². The number of aryl methyl sites for hydroxylation is 2. The average molecular weight is 283 g/mol. The van der Waals surface area contributed by atoms with Crippen LogP contribution in [0.2, 0.25) is 0 Å². The van der Waals surface area contributed by atoms with Crippen LogP contribution >= 0.6 is 0 Å². The molecule has 0 radical (unpaired) electrons. The number of rotatable bonds is 3. The van der Waals surface area contributed by atoms with Gasteiger partial charge in [-0.3, -0.25) is 4.79 Å². The highest BCUT2D eigenvalue weighted by Gasteiger charge is 2.20. The molecule has 0 atom stereocenters. The number of anilines is 1. The second-order valence-electron chi connectivity index (χ2n) is 5.27. The Morgan fingerprint density at radius 3 is 2.48 bits per heavy atom. The first kappa shape index (κ1) is 15.1. The van der Waals surface area contributed by atoms with Crippen LogP contribution in [0.25, 0.3) is 0 Å². The Bertz CT molecular complexity index is 677. The van der Waals surface area contributed by atoms with Crippen molar-refractivity contribution in [2.45, 2.75) is 27.7 Å². The highest BCUT2D eigenvalue weighted by atomic mass is 16.3. The number of carbonyl (C=O) groups excluding carboxylic acids is 1. The molecule has 0 saturated heterocycles. The molecule has 2 aromatic carbocycles. The van der Waals surface area contributed by atoms with E-state index in [2.05, 4.69) is 0 Å². The second-order valence-corrected chi connectivity index (χ2v) is 5.27. The van der Waals surface area contributed by atoms with E-state index >= 15 is 0 Å². The molecule has 2 rings (SSSR count). The third-order valence-corrected chi connectivity index (χ3v) is 3.88. The van der Waals surface area contributed by atoms with Crippen molar-refractivity contribution < 1.29 is 9.90 Å². The molecule has 0 aliphatic rings. The standard InChI is InChI=1S/C18H21NO2/c1-5-19(17-11-15(20)10-9-13(17)3)18(21)16-8-6-7-12(2)14(16)4/h6-11,20H,5H2,1-4H3. The van der Waals surface area contributed by atoms with Crippen LogP contribution in [0.5, 0.6) is 5.75 Å². The van der Waals surface area contributed by atoms with Crippen molar-refractivity contribution in [1.82, 2.24) is 0 Å². The number of carbonyl (C=O) groups is 1. The molecular weight excluding hydrogens is 262 g/mol. The molecule has 0 unspecified atom stereocenters. The third-order valence-electron chi connectivity index (χ3n) is 3.88. The Kier molecular flexibility index (Phi) is 4.32. The van der Waals surface area contributed by atoms with Gasteiger partial charge in [-0.25, -0.2) is 0 Å². The number of amides is 1. The van der Waals surface area contributed by atoms with Crippen molar-refractivity contribution in [2.24, 2.45) is 0 Å². The lowest BCUT2D eigenvalue weighted by Crippen LogP contribution is -2.31. The molecule has 3 nitrogen and oxygen atoms in total. The number of nitrogens with zero attached hydrogens (tertiary/aromatic N) is 1. The first-order valence-electron chi connectivity index (χ1n) is 7.13. The minimum atomic E-state index is -0.0348. The monoisotopic (exact) mass is 283 g/mol. The maximum absolute atomic E-state index is 12.9. The topological polar surface area (TPSA) is 40.5 Å². The van der Waals surface area contributed by atoms with Crippen LogP contribution in [0, 0.1) is 20.8 Å². The summed E-state index contributed by atoms with van der Waals surface area (Å²) in [6.45, 7) is 8.39. The highest BCUT2D eigenvalue weighted by molar-refractivity contribution is 6.07.